The molecule has 10 heteroatoms. The fourth-order valence-corrected chi connectivity index (χ4v) is 4.13. The molecule has 0 unspecified atom stereocenters. The lowest BCUT2D eigenvalue weighted by Crippen LogP contribution is -2.17. The maximum absolute atomic E-state index is 11.3. The van der Waals surface area contributed by atoms with Crippen LogP contribution in [-0.2, 0) is 29.6 Å². The number of benzene rings is 3. The lowest BCUT2D eigenvalue weighted by Gasteiger charge is -2.15. The molecule has 0 aliphatic rings. The maximum atomic E-state index is 11.3. The molecular weight excluding hydrogens is 507 g/mol. The molecule has 33 heavy (non-hydrogen) atoms. The minimum absolute atomic E-state index is 0.0968. The van der Waals surface area contributed by atoms with Crippen LogP contribution in [0.1, 0.15) is 16.7 Å². The van der Waals surface area contributed by atoms with Gasteiger partial charge in [0.25, 0.3) is 0 Å². The molecule has 0 radical (unpaired) electrons. The van der Waals surface area contributed by atoms with E-state index in [9.17, 15) is 8.42 Å². The van der Waals surface area contributed by atoms with Crippen molar-refractivity contribution in [1.29, 1.82) is 0 Å². The number of primary sulfonamides is 1. The molecule has 0 saturated carbocycles. The summed E-state index contributed by atoms with van der Waals surface area (Å²) < 4.78 is 34.0. The molecule has 0 fully saturated rings. The van der Waals surface area contributed by atoms with E-state index in [0.29, 0.717) is 46.1 Å². The normalized spacial score (nSPS) is 11.4. The zero-order valence-electron chi connectivity index (χ0n) is 17.8. The van der Waals surface area contributed by atoms with E-state index in [1.807, 2.05) is 12.1 Å². The lowest BCUT2D eigenvalue weighted by atomic mass is 10.1. The molecule has 0 spiro atoms. The molecule has 3 rings (SSSR count). The highest BCUT2D eigenvalue weighted by molar-refractivity contribution is 7.89. The summed E-state index contributed by atoms with van der Waals surface area (Å²) in [6, 6.07) is 15.4. The van der Waals surface area contributed by atoms with Gasteiger partial charge in [-0.1, -0.05) is 53.0 Å². The fourth-order valence-electron chi connectivity index (χ4n) is 3.08. The van der Waals surface area contributed by atoms with Crippen LogP contribution in [0.4, 0.5) is 0 Å². The molecular formula is C23H23Cl3N2O4S. The summed E-state index contributed by atoms with van der Waals surface area (Å²) in [7, 11) is -2.12. The van der Waals surface area contributed by atoms with Crippen molar-refractivity contribution in [2.24, 2.45) is 5.14 Å². The second kappa shape index (κ2) is 11.4. The Balaban J connectivity index is 1.57. The van der Waals surface area contributed by atoms with Crippen molar-refractivity contribution in [1.82, 2.24) is 5.32 Å². The predicted molar refractivity (Wildman–Crippen MR) is 132 cm³/mol. The van der Waals surface area contributed by atoms with Crippen LogP contribution in [0.15, 0.2) is 59.5 Å². The Kier molecular flexibility index (Phi) is 8.87. The zero-order chi connectivity index (χ0) is 24.0. The van der Waals surface area contributed by atoms with Gasteiger partial charge < -0.3 is 14.8 Å². The molecule has 0 bridgehead atoms. The second-order valence-electron chi connectivity index (χ2n) is 7.25. The van der Waals surface area contributed by atoms with Crippen LogP contribution < -0.4 is 19.9 Å². The molecule has 3 aromatic carbocycles. The quantitative estimate of drug-likeness (QED) is 0.352. The van der Waals surface area contributed by atoms with Gasteiger partial charge in [-0.15, -0.1) is 0 Å². The molecule has 0 saturated heterocycles. The summed E-state index contributed by atoms with van der Waals surface area (Å²) >= 11 is 18.5. The standard InChI is InChI=1S/C23H23Cl3N2O4S/c1-31-22-11-17(13-28-9-8-15-2-5-18(6-3-15)33(27,29)30)20(25)12-23(22)32-14-16-4-7-19(24)21(26)10-16/h2-7,10-12,28H,8-9,13-14H2,1H3,(H2,27,29,30). The Hall–Kier alpha value is -2.00. The summed E-state index contributed by atoms with van der Waals surface area (Å²) in [5.74, 6) is 1.09. The van der Waals surface area contributed by atoms with E-state index in [2.05, 4.69) is 5.32 Å². The number of nitrogens with two attached hydrogens (primary N) is 1. The minimum Gasteiger partial charge on any atom is -0.493 e. The van der Waals surface area contributed by atoms with Crippen LogP contribution in [-0.4, -0.2) is 22.1 Å². The molecule has 0 aliphatic carbocycles. The highest BCUT2D eigenvalue weighted by Crippen LogP contribution is 2.34. The molecule has 3 N–H and O–H groups in total. The van der Waals surface area contributed by atoms with Crippen LogP contribution in [0.25, 0.3) is 0 Å². The largest absolute Gasteiger partial charge is 0.493 e. The lowest BCUT2D eigenvalue weighted by molar-refractivity contribution is 0.284. The summed E-state index contributed by atoms with van der Waals surface area (Å²) in [5, 5.41) is 9.94. The number of hydrogen-bond donors (Lipinski definition) is 2. The average Bonchev–Trinajstić information content (AvgIpc) is 2.78. The van der Waals surface area contributed by atoms with Gasteiger partial charge in [-0.25, -0.2) is 13.6 Å². The van der Waals surface area contributed by atoms with Gasteiger partial charge in [0, 0.05) is 17.6 Å². The van der Waals surface area contributed by atoms with Gasteiger partial charge in [-0.2, -0.15) is 0 Å². The zero-order valence-corrected chi connectivity index (χ0v) is 20.9. The van der Waals surface area contributed by atoms with Crippen LogP contribution in [0.3, 0.4) is 0 Å². The molecule has 6 nitrogen and oxygen atoms in total. The summed E-state index contributed by atoms with van der Waals surface area (Å²) in [4.78, 5) is 0.0968. The third-order valence-corrected chi connectivity index (χ3v) is 6.89. The van der Waals surface area contributed by atoms with Crippen molar-refractivity contribution in [2.45, 2.75) is 24.5 Å². The average molecular weight is 530 g/mol. The number of nitrogens with one attached hydrogen (secondary N) is 1. The Morgan fingerprint density at radius 1 is 0.879 bits per heavy atom. The maximum Gasteiger partial charge on any atom is 0.238 e. The van der Waals surface area contributed by atoms with Gasteiger partial charge in [0.2, 0.25) is 10.0 Å². The predicted octanol–water partition coefficient (Wildman–Crippen LogP) is 5.21. The van der Waals surface area contributed by atoms with Gasteiger partial charge in [-0.3, -0.25) is 0 Å². The van der Waals surface area contributed by atoms with Gasteiger partial charge in [-0.05, 0) is 60.0 Å². The Labute approximate surface area is 208 Å². The summed E-state index contributed by atoms with van der Waals surface area (Å²) in [6.45, 7) is 1.48. The first-order chi connectivity index (χ1) is 15.7. The van der Waals surface area contributed by atoms with E-state index in [-0.39, 0.29) is 11.5 Å². The Morgan fingerprint density at radius 2 is 1.58 bits per heavy atom. The highest BCUT2D eigenvalue weighted by Gasteiger charge is 2.12. The van der Waals surface area contributed by atoms with Crippen molar-refractivity contribution in [3.8, 4) is 11.5 Å². The van der Waals surface area contributed by atoms with E-state index < -0.39 is 10.0 Å². The van der Waals surface area contributed by atoms with E-state index >= 15 is 0 Å². The first-order valence-corrected chi connectivity index (χ1v) is 12.6. The molecule has 3 aromatic rings. The molecule has 176 valence electrons. The van der Waals surface area contributed by atoms with E-state index in [1.165, 1.54) is 12.1 Å². The van der Waals surface area contributed by atoms with E-state index in [0.717, 1.165) is 16.7 Å². The van der Waals surface area contributed by atoms with E-state index in [1.54, 1.807) is 37.4 Å². The number of sulfonamides is 1. The minimum atomic E-state index is -3.68. The fraction of sp³-hybridized carbons (Fsp3) is 0.217. The third kappa shape index (κ3) is 7.24. The van der Waals surface area contributed by atoms with Crippen molar-refractivity contribution in [3.63, 3.8) is 0 Å². The first-order valence-electron chi connectivity index (χ1n) is 9.93. The van der Waals surface area contributed by atoms with E-state index in [4.69, 9.17) is 49.4 Å². The van der Waals surface area contributed by atoms with Crippen molar-refractivity contribution < 1.29 is 17.9 Å². The van der Waals surface area contributed by atoms with Crippen LogP contribution >= 0.6 is 34.8 Å². The van der Waals surface area contributed by atoms with Gasteiger partial charge >= 0.3 is 0 Å². The second-order valence-corrected chi connectivity index (χ2v) is 10.0. The summed E-state index contributed by atoms with van der Waals surface area (Å²) in [6.07, 6.45) is 0.713. The first kappa shape index (κ1) is 25.6. The monoisotopic (exact) mass is 528 g/mol. The van der Waals surface area contributed by atoms with Crippen molar-refractivity contribution >= 4 is 44.8 Å². The third-order valence-electron chi connectivity index (χ3n) is 4.87. The summed E-state index contributed by atoms with van der Waals surface area (Å²) in [5.41, 5.74) is 2.72. The number of methoxy groups -OCH3 is 1. The molecule has 0 aliphatic heterocycles. The van der Waals surface area contributed by atoms with Crippen LogP contribution in [0, 0.1) is 0 Å². The van der Waals surface area contributed by atoms with Crippen LogP contribution in [0.2, 0.25) is 15.1 Å². The van der Waals surface area contributed by atoms with Gasteiger partial charge in [0.05, 0.1) is 22.1 Å². The number of hydrogen-bond acceptors (Lipinski definition) is 5. The molecule has 0 heterocycles. The highest BCUT2D eigenvalue weighted by atomic mass is 35.5. The topological polar surface area (TPSA) is 90.6 Å². The van der Waals surface area contributed by atoms with Crippen molar-refractivity contribution in [3.05, 3.63) is 86.4 Å². The Bertz CT molecular complexity index is 1220. The SMILES string of the molecule is COc1cc(CNCCc2ccc(S(N)(=O)=O)cc2)c(Cl)cc1OCc1ccc(Cl)c(Cl)c1. The number of rotatable bonds is 10. The molecule has 0 amide bonds. The number of halogens is 3. The van der Waals surface area contributed by atoms with Gasteiger partial charge in [0.15, 0.2) is 11.5 Å². The smallest absolute Gasteiger partial charge is 0.238 e. The molecule has 0 aromatic heterocycles. The molecule has 0 atom stereocenters. The van der Waals surface area contributed by atoms with Crippen LogP contribution in [0.5, 0.6) is 11.5 Å². The van der Waals surface area contributed by atoms with Crippen molar-refractivity contribution in [2.75, 3.05) is 13.7 Å². The Morgan fingerprint density at radius 3 is 2.21 bits per heavy atom. The number of ether oxygens (including phenoxy) is 2. The van der Waals surface area contributed by atoms with Gasteiger partial charge in [0.1, 0.15) is 6.61 Å².